The van der Waals surface area contributed by atoms with Gasteiger partial charge in [0.05, 0.1) is 0 Å². The maximum atomic E-state index is 12.6. The first-order chi connectivity index (χ1) is 12.1. The lowest BCUT2D eigenvalue weighted by atomic mass is 10.2. The third-order valence-corrected chi connectivity index (χ3v) is 5.58. The van der Waals surface area contributed by atoms with E-state index in [0.717, 1.165) is 5.56 Å². The number of para-hydroxylation sites is 1. The van der Waals surface area contributed by atoms with Gasteiger partial charge >= 0.3 is 16.2 Å². The lowest BCUT2D eigenvalue weighted by Gasteiger charge is -2.23. The SMILES string of the molecule is O=C(OCc1ccccc1)[C@@H]1CCCN1S(=O)(=O)Nc1ccccc1. The van der Waals surface area contributed by atoms with Gasteiger partial charge in [-0.3, -0.25) is 9.52 Å². The Morgan fingerprint density at radius 1 is 1.08 bits per heavy atom. The molecular formula is C18H20N2O4S. The molecule has 6 nitrogen and oxygen atoms in total. The average molecular weight is 360 g/mol. The Kier molecular flexibility index (Phi) is 5.35. The van der Waals surface area contributed by atoms with Gasteiger partial charge in [0.25, 0.3) is 0 Å². The summed E-state index contributed by atoms with van der Waals surface area (Å²) in [5.41, 5.74) is 1.33. The van der Waals surface area contributed by atoms with E-state index in [2.05, 4.69) is 4.72 Å². The van der Waals surface area contributed by atoms with E-state index < -0.39 is 22.2 Å². The second-order valence-corrected chi connectivity index (χ2v) is 7.46. The number of anilines is 1. The van der Waals surface area contributed by atoms with Crippen LogP contribution in [0.15, 0.2) is 60.7 Å². The number of nitrogens with one attached hydrogen (secondary N) is 1. The first-order valence-corrected chi connectivity index (χ1v) is 9.55. The van der Waals surface area contributed by atoms with Gasteiger partial charge in [-0.05, 0) is 30.5 Å². The number of carbonyl (C=O) groups is 1. The summed E-state index contributed by atoms with van der Waals surface area (Å²) in [5.74, 6) is -0.514. The summed E-state index contributed by atoms with van der Waals surface area (Å²) in [6.45, 7) is 0.434. The third-order valence-electron chi connectivity index (χ3n) is 4.03. The molecule has 1 atom stereocenters. The highest BCUT2D eigenvalue weighted by atomic mass is 32.2. The van der Waals surface area contributed by atoms with E-state index in [1.54, 1.807) is 30.3 Å². The topological polar surface area (TPSA) is 75.7 Å². The summed E-state index contributed by atoms with van der Waals surface area (Å²) in [4.78, 5) is 12.4. The third kappa shape index (κ3) is 4.37. The molecule has 132 valence electrons. The predicted molar refractivity (Wildman–Crippen MR) is 95.0 cm³/mol. The van der Waals surface area contributed by atoms with Gasteiger partial charge in [0, 0.05) is 12.2 Å². The molecule has 0 unspecified atom stereocenters. The molecule has 25 heavy (non-hydrogen) atoms. The highest BCUT2D eigenvalue weighted by molar-refractivity contribution is 7.90. The maximum absolute atomic E-state index is 12.6. The molecule has 0 amide bonds. The van der Waals surface area contributed by atoms with Gasteiger partial charge in [-0.2, -0.15) is 12.7 Å². The Morgan fingerprint density at radius 2 is 1.72 bits per heavy atom. The number of hydrogen-bond donors (Lipinski definition) is 1. The standard InChI is InChI=1S/C18H20N2O4S/c21-18(24-14-15-8-3-1-4-9-15)17-12-7-13-20(17)25(22,23)19-16-10-5-2-6-11-16/h1-6,8-11,17,19H,7,12-14H2/t17-/m0/s1. The van der Waals surface area contributed by atoms with Crippen molar-refractivity contribution in [3.05, 3.63) is 66.2 Å². The van der Waals surface area contributed by atoms with Crippen molar-refractivity contribution in [1.29, 1.82) is 0 Å². The first kappa shape index (κ1) is 17.4. The van der Waals surface area contributed by atoms with Crippen molar-refractivity contribution >= 4 is 21.9 Å². The van der Waals surface area contributed by atoms with Crippen molar-refractivity contribution < 1.29 is 17.9 Å². The molecule has 0 saturated carbocycles. The van der Waals surface area contributed by atoms with Crippen LogP contribution in [0.2, 0.25) is 0 Å². The van der Waals surface area contributed by atoms with E-state index in [1.807, 2.05) is 30.3 Å². The molecule has 3 rings (SSSR count). The molecule has 1 aliphatic heterocycles. The van der Waals surface area contributed by atoms with Crippen molar-refractivity contribution in [3.63, 3.8) is 0 Å². The van der Waals surface area contributed by atoms with Crippen molar-refractivity contribution in [2.75, 3.05) is 11.3 Å². The van der Waals surface area contributed by atoms with Crippen molar-refractivity contribution in [2.45, 2.75) is 25.5 Å². The molecule has 0 spiro atoms. The van der Waals surface area contributed by atoms with Gasteiger partial charge in [-0.15, -0.1) is 0 Å². The van der Waals surface area contributed by atoms with Crippen LogP contribution in [0.4, 0.5) is 5.69 Å². The molecule has 1 saturated heterocycles. The molecular weight excluding hydrogens is 340 g/mol. The van der Waals surface area contributed by atoms with Crippen LogP contribution in [0, 0.1) is 0 Å². The Morgan fingerprint density at radius 3 is 2.40 bits per heavy atom. The smallest absolute Gasteiger partial charge is 0.324 e. The van der Waals surface area contributed by atoms with Gasteiger partial charge in [0.1, 0.15) is 12.6 Å². The molecule has 7 heteroatoms. The summed E-state index contributed by atoms with van der Waals surface area (Å²) in [7, 11) is -3.81. The second kappa shape index (κ2) is 7.67. The zero-order valence-corrected chi connectivity index (χ0v) is 14.5. The number of rotatable bonds is 6. The van der Waals surface area contributed by atoms with Crippen LogP contribution in [-0.2, 0) is 26.3 Å². The minimum atomic E-state index is -3.81. The number of benzene rings is 2. The van der Waals surface area contributed by atoms with E-state index in [4.69, 9.17) is 4.74 Å². The summed E-state index contributed by atoms with van der Waals surface area (Å²) in [6.07, 6.45) is 1.09. The summed E-state index contributed by atoms with van der Waals surface area (Å²) < 4.78 is 34.2. The van der Waals surface area contributed by atoms with Gasteiger partial charge in [0.2, 0.25) is 0 Å². The summed E-state index contributed by atoms with van der Waals surface area (Å²) in [6, 6.07) is 17.1. The molecule has 0 aliphatic carbocycles. The van der Waals surface area contributed by atoms with Crippen molar-refractivity contribution in [3.8, 4) is 0 Å². The number of esters is 1. The minimum Gasteiger partial charge on any atom is -0.460 e. The van der Waals surface area contributed by atoms with E-state index in [9.17, 15) is 13.2 Å². The Bertz CT molecular complexity index is 809. The fraction of sp³-hybridized carbons (Fsp3) is 0.278. The molecule has 0 bridgehead atoms. The molecule has 2 aromatic carbocycles. The maximum Gasteiger partial charge on any atom is 0.324 e. The fourth-order valence-electron chi connectivity index (χ4n) is 2.80. The lowest BCUT2D eigenvalue weighted by Crippen LogP contribution is -2.44. The normalized spacial score (nSPS) is 18.0. The van der Waals surface area contributed by atoms with Crippen molar-refractivity contribution in [1.82, 2.24) is 4.31 Å². The van der Waals surface area contributed by atoms with Gasteiger partial charge in [-0.1, -0.05) is 48.5 Å². The largest absolute Gasteiger partial charge is 0.460 e. The quantitative estimate of drug-likeness (QED) is 0.804. The summed E-state index contributed by atoms with van der Waals surface area (Å²) >= 11 is 0. The van der Waals surface area contributed by atoms with Crippen molar-refractivity contribution in [2.24, 2.45) is 0 Å². The van der Waals surface area contributed by atoms with Crippen LogP contribution in [0.25, 0.3) is 0 Å². The van der Waals surface area contributed by atoms with Crippen LogP contribution in [0.1, 0.15) is 18.4 Å². The predicted octanol–water partition coefficient (Wildman–Crippen LogP) is 2.55. The van der Waals surface area contributed by atoms with Crippen LogP contribution in [-0.4, -0.2) is 31.3 Å². The summed E-state index contributed by atoms with van der Waals surface area (Å²) in [5, 5.41) is 0. The zero-order valence-electron chi connectivity index (χ0n) is 13.7. The molecule has 1 fully saturated rings. The first-order valence-electron chi connectivity index (χ1n) is 8.11. The number of ether oxygens (including phenoxy) is 1. The van der Waals surface area contributed by atoms with Crippen LogP contribution in [0.3, 0.4) is 0 Å². The highest BCUT2D eigenvalue weighted by Crippen LogP contribution is 2.24. The number of hydrogen-bond acceptors (Lipinski definition) is 4. The van der Waals surface area contributed by atoms with E-state index in [0.29, 0.717) is 25.1 Å². The Balaban J connectivity index is 1.66. The molecule has 1 N–H and O–H groups in total. The van der Waals surface area contributed by atoms with Gasteiger partial charge in [0.15, 0.2) is 0 Å². The number of carbonyl (C=O) groups excluding carboxylic acids is 1. The Hall–Kier alpha value is -2.38. The average Bonchev–Trinajstić information content (AvgIpc) is 3.12. The Labute approximate surface area is 147 Å². The molecule has 1 aliphatic rings. The monoisotopic (exact) mass is 360 g/mol. The molecule has 1 heterocycles. The van der Waals surface area contributed by atoms with Crippen LogP contribution in [0.5, 0.6) is 0 Å². The molecule has 2 aromatic rings. The highest BCUT2D eigenvalue weighted by Gasteiger charge is 2.39. The number of nitrogens with zero attached hydrogens (tertiary/aromatic N) is 1. The molecule has 0 aromatic heterocycles. The minimum absolute atomic E-state index is 0.135. The zero-order chi connectivity index (χ0) is 17.7. The van der Waals surface area contributed by atoms with Gasteiger partial charge < -0.3 is 4.74 Å². The van der Waals surface area contributed by atoms with Crippen LogP contribution < -0.4 is 4.72 Å². The lowest BCUT2D eigenvalue weighted by molar-refractivity contribution is -0.148. The van der Waals surface area contributed by atoms with Crippen LogP contribution >= 0.6 is 0 Å². The van der Waals surface area contributed by atoms with Gasteiger partial charge in [-0.25, -0.2) is 0 Å². The van der Waals surface area contributed by atoms with E-state index in [-0.39, 0.29) is 6.61 Å². The van der Waals surface area contributed by atoms with E-state index in [1.165, 1.54) is 4.31 Å². The fourth-order valence-corrected chi connectivity index (χ4v) is 4.25. The van der Waals surface area contributed by atoms with E-state index >= 15 is 0 Å². The molecule has 0 radical (unpaired) electrons. The second-order valence-electron chi connectivity index (χ2n) is 5.84.